The van der Waals surface area contributed by atoms with Gasteiger partial charge in [-0.05, 0) is 32.2 Å². The van der Waals surface area contributed by atoms with Crippen LogP contribution in [0, 0.1) is 12.8 Å². The Morgan fingerprint density at radius 3 is 2.88 bits per heavy atom. The van der Waals surface area contributed by atoms with Gasteiger partial charge in [0, 0.05) is 18.3 Å². The quantitative estimate of drug-likeness (QED) is 0.750. The Balaban J connectivity index is 2.11. The molecule has 2 rings (SSSR count). The number of aryl methyl sites for hydroxylation is 1. The summed E-state index contributed by atoms with van der Waals surface area (Å²) in [5.74, 6) is 0.385. The second kappa shape index (κ2) is 4.25. The van der Waals surface area contributed by atoms with Crippen molar-refractivity contribution in [2.24, 2.45) is 18.7 Å². The molecule has 5 heteroatoms. The van der Waals surface area contributed by atoms with Crippen LogP contribution in [-0.2, 0) is 11.8 Å². The second-order valence-corrected chi connectivity index (χ2v) is 4.50. The number of hydrogen-bond donors (Lipinski definition) is 2. The van der Waals surface area contributed by atoms with Gasteiger partial charge >= 0.3 is 0 Å². The van der Waals surface area contributed by atoms with E-state index in [2.05, 4.69) is 10.4 Å². The van der Waals surface area contributed by atoms with Crippen molar-refractivity contribution in [3.05, 3.63) is 17.5 Å². The minimum atomic E-state index is -0.408. The number of hydrogen-bond acceptors (Lipinski definition) is 3. The van der Waals surface area contributed by atoms with Crippen molar-refractivity contribution in [1.82, 2.24) is 15.1 Å². The molecule has 1 atom stereocenters. The van der Waals surface area contributed by atoms with Crippen LogP contribution in [0.1, 0.15) is 30.1 Å². The zero-order valence-corrected chi connectivity index (χ0v) is 9.73. The maximum Gasteiger partial charge on any atom is 0.239 e. The van der Waals surface area contributed by atoms with E-state index in [1.807, 2.05) is 14.0 Å². The molecule has 0 bridgehead atoms. The summed E-state index contributed by atoms with van der Waals surface area (Å²) in [6.07, 6.45) is 4.22. The number of amides is 1. The number of carbonyl (C=O) groups is 1. The summed E-state index contributed by atoms with van der Waals surface area (Å²) in [6, 6.07) is -0.408. The average molecular weight is 222 g/mol. The van der Waals surface area contributed by atoms with E-state index < -0.39 is 6.04 Å². The van der Waals surface area contributed by atoms with Crippen molar-refractivity contribution in [2.75, 3.05) is 6.54 Å². The molecule has 1 saturated carbocycles. The van der Waals surface area contributed by atoms with Gasteiger partial charge in [0.2, 0.25) is 5.91 Å². The monoisotopic (exact) mass is 222 g/mol. The largest absolute Gasteiger partial charge is 0.368 e. The van der Waals surface area contributed by atoms with Gasteiger partial charge in [-0.25, -0.2) is 0 Å². The van der Waals surface area contributed by atoms with E-state index in [0.717, 1.165) is 23.7 Å². The Morgan fingerprint density at radius 1 is 1.75 bits per heavy atom. The molecule has 3 N–H and O–H groups in total. The predicted octanol–water partition coefficient (Wildman–Crippen LogP) is 0.255. The first-order valence-corrected chi connectivity index (χ1v) is 5.60. The molecule has 1 heterocycles. The Hall–Kier alpha value is -1.36. The van der Waals surface area contributed by atoms with Crippen LogP contribution < -0.4 is 11.1 Å². The van der Waals surface area contributed by atoms with Crippen LogP contribution in [-0.4, -0.2) is 22.2 Å². The van der Waals surface area contributed by atoms with Gasteiger partial charge in [-0.2, -0.15) is 5.10 Å². The summed E-state index contributed by atoms with van der Waals surface area (Å²) in [7, 11) is 1.86. The van der Waals surface area contributed by atoms with Crippen LogP contribution in [0.5, 0.6) is 0 Å². The highest BCUT2D eigenvalue weighted by molar-refractivity contribution is 5.81. The van der Waals surface area contributed by atoms with Crippen molar-refractivity contribution in [3.63, 3.8) is 0 Å². The zero-order valence-electron chi connectivity index (χ0n) is 9.73. The van der Waals surface area contributed by atoms with Gasteiger partial charge in [0.25, 0.3) is 0 Å². The number of aromatic nitrogens is 2. The van der Waals surface area contributed by atoms with E-state index in [9.17, 15) is 4.79 Å². The SMILES string of the molecule is Cc1c(C(NCC2CC2)C(N)=O)cnn1C. The third-order valence-corrected chi connectivity index (χ3v) is 3.18. The molecule has 5 nitrogen and oxygen atoms in total. The van der Waals surface area contributed by atoms with Gasteiger partial charge in [-0.3, -0.25) is 9.48 Å². The van der Waals surface area contributed by atoms with Crippen LogP contribution in [0.15, 0.2) is 6.20 Å². The summed E-state index contributed by atoms with van der Waals surface area (Å²) in [6.45, 7) is 2.80. The number of primary amides is 1. The molecule has 1 unspecified atom stereocenters. The fraction of sp³-hybridized carbons (Fsp3) is 0.636. The smallest absolute Gasteiger partial charge is 0.239 e. The number of nitrogens with one attached hydrogen (secondary N) is 1. The van der Waals surface area contributed by atoms with Crippen LogP contribution >= 0.6 is 0 Å². The van der Waals surface area contributed by atoms with Crippen LogP contribution in [0.3, 0.4) is 0 Å². The fourth-order valence-corrected chi connectivity index (χ4v) is 1.77. The first kappa shape index (κ1) is 11.1. The summed E-state index contributed by atoms with van der Waals surface area (Å²) in [5.41, 5.74) is 7.28. The van der Waals surface area contributed by atoms with Gasteiger partial charge in [0.05, 0.1) is 6.20 Å². The first-order valence-electron chi connectivity index (χ1n) is 5.60. The van der Waals surface area contributed by atoms with E-state index in [-0.39, 0.29) is 5.91 Å². The maximum atomic E-state index is 11.4. The van der Waals surface area contributed by atoms with Crippen molar-refractivity contribution in [3.8, 4) is 0 Å². The highest BCUT2D eigenvalue weighted by Crippen LogP contribution is 2.28. The normalized spacial score (nSPS) is 17.4. The Bertz CT molecular complexity index is 395. The minimum absolute atomic E-state index is 0.336. The van der Waals surface area contributed by atoms with E-state index in [4.69, 9.17) is 5.73 Å². The molecule has 16 heavy (non-hydrogen) atoms. The average Bonchev–Trinajstić information content (AvgIpc) is 2.99. The molecule has 0 spiro atoms. The molecule has 1 fully saturated rings. The standard InChI is InChI=1S/C11H18N4O/c1-7-9(6-14-15(7)2)10(11(12)16)13-5-8-3-4-8/h6,8,10,13H,3-5H2,1-2H3,(H2,12,16). The Kier molecular flexibility index (Phi) is 2.96. The maximum absolute atomic E-state index is 11.4. The van der Waals surface area contributed by atoms with E-state index in [1.54, 1.807) is 10.9 Å². The van der Waals surface area contributed by atoms with E-state index in [0.29, 0.717) is 0 Å². The Morgan fingerprint density at radius 2 is 2.44 bits per heavy atom. The second-order valence-electron chi connectivity index (χ2n) is 4.50. The topological polar surface area (TPSA) is 72.9 Å². The van der Waals surface area contributed by atoms with Crippen molar-refractivity contribution < 1.29 is 4.79 Å². The van der Waals surface area contributed by atoms with E-state index in [1.165, 1.54) is 12.8 Å². The fourth-order valence-electron chi connectivity index (χ4n) is 1.77. The van der Waals surface area contributed by atoms with Gasteiger partial charge in [0.15, 0.2) is 0 Å². The minimum Gasteiger partial charge on any atom is -0.368 e. The molecule has 1 amide bonds. The van der Waals surface area contributed by atoms with Gasteiger partial charge < -0.3 is 11.1 Å². The molecule has 1 aliphatic carbocycles. The predicted molar refractivity (Wildman–Crippen MR) is 60.6 cm³/mol. The molecule has 1 aliphatic rings. The third-order valence-electron chi connectivity index (χ3n) is 3.18. The molecular weight excluding hydrogens is 204 g/mol. The number of nitrogens with two attached hydrogens (primary N) is 1. The van der Waals surface area contributed by atoms with Gasteiger partial charge in [-0.1, -0.05) is 0 Å². The zero-order chi connectivity index (χ0) is 11.7. The molecule has 1 aromatic heterocycles. The lowest BCUT2D eigenvalue weighted by molar-refractivity contribution is -0.120. The summed E-state index contributed by atoms with van der Waals surface area (Å²) in [5, 5.41) is 7.35. The molecule has 88 valence electrons. The van der Waals surface area contributed by atoms with Crippen LogP contribution in [0.25, 0.3) is 0 Å². The number of rotatable bonds is 5. The van der Waals surface area contributed by atoms with E-state index >= 15 is 0 Å². The van der Waals surface area contributed by atoms with Gasteiger partial charge in [-0.15, -0.1) is 0 Å². The van der Waals surface area contributed by atoms with Crippen molar-refractivity contribution in [2.45, 2.75) is 25.8 Å². The lowest BCUT2D eigenvalue weighted by atomic mass is 10.1. The number of nitrogens with zero attached hydrogens (tertiary/aromatic N) is 2. The molecule has 0 aliphatic heterocycles. The Labute approximate surface area is 95.0 Å². The van der Waals surface area contributed by atoms with Crippen molar-refractivity contribution in [1.29, 1.82) is 0 Å². The third kappa shape index (κ3) is 2.24. The van der Waals surface area contributed by atoms with Crippen LogP contribution in [0.2, 0.25) is 0 Å². The summed E-state index contributed by atoms with van der Waals surface area (Å²) < 4.78 is 1.75. The first-order chi connectivity index (χ1) is 7.59. The lowest BCUT2D eigenvalue weighted by Crippen LogP contribution is -2.35. The molecule has 0 saturated heterocycles. The molecular formula is C11H18N4O. The van der Waals surface area contributed by atoms with Crippen LogP contribution in [0.4, 0.5) is 0 Å². The molecule has 0 aromatic carbocycles. The summed E-state index contributed by atoms with van der Waals surface area (Å²) >= 11 is 0. The van der Waals surface area contributed by atoms with Gasteiger partial charge in [0.1, 0.15) is 6.04 Å². The summed E-state index contributed by atoms with van der Waals surface area (Å²) in [4.78, 5) is 11.4. The molecule has 1 aromatic rings. The highest BCUT2D eigenvalue weighted by Gasteiger charge is 2.26. The van der Waals surface area contributed by atoms with Crippen molar-refractivity contribution >= 4 is 5.91 Å². The number of carbonyl (C=O) groups excluding carboxylic acids is 1. The lowest BCUT2D eigenvalue weighted by Gasteiger charge is -2.14. The highest BCUT2D eigenvalue weighted by atomic mass is 16.1. The molecule has 0 radical (unpaired) electrons.